The van der Waals surface area contributed by atoms with Crippen LogP contribution in [0.15, 0.2) is 0 Å². The van der Waals surface area contributed by atoms with Gasteiger partial charge in [-0.1, -0.05) is 11.6 Å². The van der Waals surface area contributed by atoms with Crippen LogP contribution < -0.4 is 0 Å². The average Bonchev–Trinajstić information content (AvgIpc) is 1.64. The Bertz CT molecular complexity index is 112. The molecule has 0 N–H and O–H groups in total. The molecule has 9 heavy (non-hydrogen) atoms. The van der Waals surface area contributed by atoms with Gasteiger partial charge >= 0.3 is 10.0 Å². The molecule has 1 atom stereocenters. The number of halogens is 3. The number of ether oxygens (including phenoxy) is 1. The zero-order chi connectivity index (χ0) is 7.49. The van der Waals surface area contributed by atoms with E-state index in [0.717, 1.165) is 0 Å². The van der Waals surface area contributed by atoms with Gasteiger partial charge in [0.15, 0.2) is 0 Å². The molecule has 0 spiro atoms. The molecule has 0 fully saturated rings. The van der Waals surface area contributed by atoms with Crippen molar-refractivity contribution in [2.24, 2.45) is 0 Å². The van der Waals surface area contributed by atoms with Crippen LogP contribution in [0.4, 0.5) is 4.39 Å². The third-order valence-electron chi connectivity index (χ3n) is 0.507. The summed E-state index contributed by atoms with van der Waals surface area (Å²) in [5, 5.41) is 0. The van der Waals surface area contributed by atoms with Crippen molar-refractivity contribution >= 4 is 33.5 Å². The molecule has 5 heteroatoms. The number of carbonyl (C=O) groups is 1. The van der Waals surface area contributed by atoms with E-state index in [1.165, 1.54) is 0 Å². The van der Waals surface area contributed by atoms with E-state index in [4.69, 9.17) is 11.6 Å². The Kier molecular flexibility index (Phi) is 3.43. The molecule has 0 bridgehead atoms. The van der Waals surface area contributed by atoms with Gasteiger partial charge in [-0.05, 0) is 22.9 Å². The Labute approximate surface area is 65.4 Å². The fourth-order valence-electron chi connectivity index (χ4n) is 0.213. The van der Waals surface area contributed by atoms with Crippen molar-refractivity contribution in [3.63, 3.8) is 0 Å². The van der Waals surface area contributed by atoms with Crippen molar-refractivity contribution in [3.05, 3.63) is 0 Å². The lowest BCUT2D eigenvalue weighted by Crippen LogP contribution is -2.22. The number of alkyl halides is 3. The zero-order valence-corrected chi connectivity index (χ0v) is 7.00. The molecule has 0 amide bonds. The molecule has 1 unspecified atom stereocenters. The number of carbonyl (C=O) groups excluding carboxylic acids is 1. The van der Waals surface area contributed by atoms with E-state index in [0.29, 0.717) is 0 Å². The highest BCUT2D eigenvalue weighted by Crippen LogP contribution is 2.26. The highest BCUT2D eigenvalue weighted by molar-refractivity contribution is 9.10. The van der Waals surface area contributed by atoms with Crippen LogP contribution in [0.25, 0.3) is 0 Å². The highest BCUT2D eigenvalue weighted by Gasteiger charge is 2.33. The van der Waals surface area contributed by atoms with Gasteiger partial charge in [-0.15, -0.1) is 0 Å². The van der Waals surface area contributed by atoms with E-state index in [2.05, 4.69) is 20.7 Å². The van der Waals surface area contributed by atoms with Crippen molar-refractivity contribution < 1.29 is 13.9 Å². The molecule has 0 aromatic rings. The second-order valence-electron chi connectivity index (χ2n) is 1.22. The van der Waals surface area contributed by atoms with E-state index in [1.807, 2.05) is 0 Å². The second-order valence-corrected chi connectivity index (χ2v) is 3.29. The van der Waals surface area contributed by atoms with E-state index >= 15 is 0 Å². The summed E-state index contributed by atoms with van der Waals surface area (Å²) in [5.74, 6) is -1.12. The van der Waals surface area contributed by atoms with Gasteiger partial charge in [0, 0.05) is 0 Å². The van der Waals surface area contributed by atoms with E-state index in [1.54, 1.807) is 6.92 Å². The predicted molar refractivity (Wildman–Crippen MR) is 35.3 cm³/mol. The van der Waals surface area contributed by atoms with Crippen molar-refractivity contribution in [3.8, 4) is 0 Å². The first kappa shape index (κ1) is 9.17. The summed E-state index contributed by atoms with van der Waals surface area (Å²) >= 11 is 7.11. The zero-order valence-electron chi connectivity index (χ0n) is 4.66. The monoisotopic (exact) mass is 218 g/mol. The van der Waals surface area contributed by atoms with Crippen molar-refractivity contribution in [1.29, 1.82) is 0 Å². The highest BCUT2D eigenvalue weighted by atomic mass is 79.9. The molecular weight excluding hydrogens is 214 g/mol. The molecule has 0 aromatic heterocycles. The molecule has 0 radical (unpaired) electrons. The summed E-state index contributed by atoms with van der Waals surface area (Å²) in [6.07, 6.45) is 0. The fraction of sp³-hybridized carbons (Fsp3) is 0.750. The first-order valence-electron chi connectivity index (χ1n) is 2.22. The van der Waals surface area contributed by atoms with Gasteiger partial charge in [0.2, 0.25) is 0 Å². The van der Waals surface area contributed by atoms with Crippen LogP contribution in [0.3, 0.4) is 0 Å². The number of hydrogen-bond acceptors (Lipinski definition) is 2. The first-order chi connectivity index (χ1) is 3.98. The van der Waals surface area contributed by atoms with Crippen LogP contribution in [-0.4, -0.2) is 16.6 Å². The van der Waals surface area contributed by atoms with Crippen molar-refractivity contribution in [2.45, 2.75) is 11.0 Å². The van der Waals surface area contributed by atoms with Crippen LogP contribution >= 0.6 is 27.5 Å². The van der Waals surface area contributed by atoms with Gasteiger partial charge in [-0.3, -0.25) is 0 Å². The lowest BCUT2D eigenvalue weighted by atomic mass is 10.7. The van der Waals surface area contributed by atoms with Gasteiger partial charge in [0.1, 0.15) is 0 Å². The number of rotatable bonds is 2. The largest absolute Gasteiger partial charge is 0.462 e. The topological polar surface area (TPSA) is 26.3 Å². The smallest absolute Gasteiger partial charge is 0.371 e. The molecule has 54 valence electrons. The Morgan fingerprint density at radius 2 is 2.44 bits per heavy atom. The molecular formula is C4H5BrClFO2. The standard InChI is InChI=1S/C4H5BrClFO2/c1-2-9-3(8)4(5,6)7/h2H2,1H3. The van der Waals surface area contributed by atoms with Crippen molar-refractivity contribution in [2.75, 3.05) is 6.61 Å². The van der Waals surface area contributed by atoms with Gasteiger partial charge in [0.05, 0.1) is 6.61 Å². The fourth-order valence-corrected chi connectivity index (χ4v) is 0.382. The van der Waals surface area contributed by atoms with Crippen LogP contribution in [0.5, 0.6) is 0 Å². The molecule has 0 rings (SSSR count). The number of hydrogen-bond donors (Lipinski definition) is 0. The summed E-state index contributed by atoms with van der Waals surface area (Å²) < 4.78 is 13.8. The van der Waals surface area contributed by atoms with E-state index in [9.17, 15) is 9.18 Å². The maximum atomic E-state index is 12.2. The molecule has 0 aliphatic carbocycles. The molecule has 0 aliphatic rings. The quantitative estimate of drug-likeness (QED) is 0.523. The summed E-state index contributed by atoms with van der Waals surface area (Å²) in [5.41, 5.74) is 0. The normalized spacial score (nSPS) is 16.4. The molecule has 0 aromatic carbocycles. The molecule has 0 aliphatic heterocycles. The third kappa shape index (κ3) is 3.70. The van der Waals surface area contributed by atoms with Crippen LogP contribution in [0, 0.1) is 0 Å². The Hall–Kier alpha value is 0.170. The Morgan fingerprint density at radius 3 is 2.56 bits per heavy atom. The minimum atomic E-state index is -2.57. The van der Waals surface area contributed by atoms with E-state index in [-0.39, 0.29) is 6.61 Å². The minimum Gasteiger partial charge on any atom is -0.462 e. The Balaban J connectivity index is 3.74. The average molecular weight is 219 g/mol. The predicted octanol–water partition coefficient (Wildman–Crippen LogP) is 1.81. The second kappa shape index (κ2) is 3.37. The van der Waals surface area contributed by atoms with Crippen molar-refractivity contribution in [1.82, 2.24) is 0 Å². The molecule has 0 saturated carbocycles. The Morgan fingerprint density at radius 1 is 2.00 bits per heavy atom. The number of esters is 1. The van der Waals surface area contributed by atoms with Crippen LogP contribution in [0.2, 0.25) is 0 Å². The molecule has 2 nitrogen and oxygen atoms in total. The summed E-state index contributed by atoms with van der Waals surface area (Å²) in [6.45, 7) is 1.68. The first-order valence-corrected chi connectivity index (χ1v) is 3.39. The molecule has 0 saturated heterocycles. The molecule has 0 heterocycles. The van der Waals surface area contributed by atoms with Crippen LogP contribution in [-0.2, 0) is 9.53 Å². The van der Waals surface area contributed by atoms with Gasteiger partial charge in [-0.2, -0.15) is 0 Å². The summed E-state index contributed by atoms with van der Waals surface area (Å²) in [7, 11) is 0. The minimum absolute atomic E-state index is 0.114. The van der Waals surface area contributed by atoms with Crippen LogP contribution in [0.1, 0.15) is 6.92 Å². The lowest BCUT2D eigenvalue weighted by molar-refractivity contribution is -0.147. The lowest BCUT2D eigenvalue weighted by Gasteiger charge is -2.06. The van der Waals surface area contributed by atoms with Gasteiger partial charge in [0.25, 0.3) is 0 Å². The van der Waals surface area contributed by atoms with Gasteiger partial charge < -0.3 is 4.74 Å². The van der Waals surface area contributed by atoms with Gasteiger partial charge in [-0.25, -0.2) is 9.18 Å². The maximum absolute atomic E-state index is 12.2. The maximum Gasteiger partial charge on any atom is 0.371 e. The van der Waals surface area contributed by atoms with E-state index < -0.39 is 10.0 Å². The third-order valence-corrected chi connectivity index (χ3v) is 0.985. The summed E-state index contributed by atoms with van der Waals surface area (Å²) in [4.78, 5) is 10.3. The SMILES string of the molecule is CCOC(=O)C(F)(Cl)Br. The summed E-state index contributed by atoms with van der Waals surface area (Å²) in [6, 6.07) is 0.